The van der Waals surface area contributed by atoms with Crippen molar-refractivity contribution in [1.29, 1.82) is 0 Å². The van der Waals surface area contributed by atoms with E-state index in [-0.39, 0.29) is 12.2 Å². The molecule has 1 N–H and O–H groups in total. The number of para-hydroxylation sites is 1. The smallest absolute Gasteiger partial charge is 0.129 e. The number of fused-ring (bicyclic) bond motifs is 1. The molecule has 1 aliphatic carbocycles. The molecule has 0 saturated heterocycles. The minimum atomic E-state index is -0.307. The van der Waals surface area contributed by atoms with Crippen molar-refractivity contribution >= 4 is 0 Å². The molecule has 2 unspecified atom stereocenters. The molecule has 1 heterocycles. The molecule has 2 heteroatoms. The third kappa shape index (κ3) is 2.54. The molecule has 2 aliphatic rings. The van der Waals surface area contributed by atoms with Gasteiger partial charge in [0, 0.05) is 6.42 Å². The number of benzene rings is 1. The number of hydrogen-bond acceptors (Lipinski definition) is 2. The highest BCUT2D eigenvalue weighted by atomic mass is 16.5. The summed E-state index contributed by atoms with van der Waals surface area (Å²) in [6.45, 7) is 0. The van der Waals surface area contributed by atoms with Crippen molar-refractivity contribution in [3.05, 3.63) is 29.8 Å². The lowest BCUT2D eigenvalue weighted by Gasteiger charge is -2.19. The van der Waals surface area contributed by atoms with Crippen molar-refractivity contribution < 1.29 is 9.84 Å². The molecule has 0 aromatic heterocycles. The summed E-state index contributed by atoms with van der Waals surface area (Å²) in [7, 11) is 0. The summed E-state index contributed by atoms with van der Waals surface area (Å²) in [6, 6.07) is 8.12. The van der Waals surface area contributed by atoms with Crippen LogP contribution in [0.3, 0.4) is 0 Å². The van der Waals surface area contributed by atoms with E-state index in [2.05, 4.69) is 6.07 Å². The van der Waals surface area contributed by atoms with Crippen molar-refractivity contribution in [3.8, 4) is 5.75 Å². The van der Waals surface area contributed by atoms with Crippen LogP contribution in [0.5, 0.6) is 5.75 Å². The Morgan fingerprint density at radius 2 is 2.00 bits per heavy atom. The van der Waals surface area contributed by atoms with Gasteiger partial charge in [0.15, 0.2) is 0 Å². The molecule has 1 fully saturated rings. The zero-order chi connectivity index (χ0) is 12.4. The lowest BCUT2D eigenvalue weighted by molar-refractivity contribution is 0.0397. The van der Waals surface area contributed by atoms with Crippen molar-refractivity contribution in [1.82, 2.24) is 0 Å². The predicted octanol–water partition coefficient (Wildman–Crippen LogP) is 3.32. The van der Waals surface area contributed by atoms with Crippen LogP contribution in [-0.4, -0.2) is 17.3 Å². The SMILES string of the molecule is OC(CCC1CCCC1)C1Cc2ccccc2O1. The van der Waals surface area contributed by atoms with Crippen LogP contribution in [0.2, 0.25) is 0 Å². The number of hydrogen-bond donors (Lipinski definition) is 1. The van der Waals surface area contributed by atoms with E-state index in [9.17, 15) is 5.11 Å². The quantitative estimate of drug-likeness (QED) is 0.883. The topological polar surface area (TPSA) is 29.5 Å². The molecule has 1 aromatic carbocycles. The first kappa shape index (κ1) is 12.0. The average Bonchev–Trinajstić information content (AvgIpc) is 3.04. The number of ether oxygens (including phenoxy) is 1. The maximum Gasteiger partial charge on any atom is 0.129 e. The van der Waals surface area contributed by atoms with Gasteiger partial charge in [-0.1, -0.05) is 43.9 Å². The van der Waals surface area contributed by atoms with Crippen LogP contribution in [0.15, 0.2) is 24.3 Å². The molecule has 0 radical (unpaired) electrons. The van der Waals surface area contributed by atoms with Gasteiger partial charge in [0.05, 0.1) is 6.10 Å². The molecule has 1 saturated carbocycles. The molecule has 18 heavy (non-hydrogen) atoms. The van der Waals surface area contributed by atoms with Crippen LogP contribution in [-0.2, 0) is 6.42 Å². The van der Waals surface area contributed by atoms with Gasteiger partial charge in [-0.25, -0.2) is 0 Å². The third-order valence-corrected chi connectivity index (χ3v) is 4.45. The highest BCUT2D eigenvalue weighted by Crippen LogP contribution is 2.33. The maximum absolute atomic E-state index is 10.3. The molecule has 0 amide bonds. The Hall–Kier alpha value is -1.02. The van der Waals surface area contributed by atoms with E-state index in [0.717, 1.165) is 30.9 Å². The van der Waals surface area contributed by atoms with Crippen LogP contribution in [0, 0.1) is 5.92 Å². The highest BCUT2D eigenvalue weighted by Gasteiger charge is 2.29. The molecular weight excluding hydrogens is 224 g/mol. The Morgan fingerprint density at radius 3 is 2.78 bits per heavy atom. The summed E-state index contributed by atoms with van der Waals surface area (Å²) in [5.41, 5.74) is 1.24. The fraction of sp³-hybridized carbons (Fsp3) is 0.625. The van der Waals surface area contributed by atoms with E-state index in [0.29, 0.717) is 0 Å². The molecule has 3 rings (SSSR count). The van der Waals surface area contributed by atoms with E-state index in [1.165, 1.54) is 31.2 Å². The third-order valence-electron chi connectivity index (χ3n) is 4.45. The molecule has 0 bridgehead atoms. The molecule has 2 atom stereocenters. The Bertz CT molecular complexity index is 371. The van der Waals surface area contributed by atoms with Gasteiger partial charge < -0.3 is 9.84 Å². The van der Waals surface area contributed by atoms with E-state index in [1.54, 1.807) is 0 Å². The minimum absolute atomic E-state index is 0.0243. The molecule has 1 aliphatic heterocycles. The van der Waals surface area contributed by atoms with Gasteiger partial charge in [0.1, 0.15) is 11.9 Å². The van der Waals surface area contributed by atoms with Crippen LogP contribution in [0.1, 0.15) is 44.1 Å². The second kappa shape index (κ2) is 5.31. The summed E-state index contributed by atoms with van der Waals surface area (Å²) >= 11 is 0. The number of aliphatic hydroxyl groups excluding tert-OH is 1. The van der Waals surface area contributed by atoms with E-state index >= 15 is 0 Å². The van der Waals surface area contributed by atoms with Gasteiger partial charge in [-0.05, 0) is 30.4 Å². The second-order valence-electron chi connectivity index (χ2n) is 5.76. The standard InChI is InChI=1S/C16H22O2/c17-14(10-9-12-5-1-2-6-12)16-11-13-7-3-4-8-15(13)18-16/h3-4,7-8,12,14,16-17H,1-2,5-6,9-11H2. The summed E-state index contributed by atoms with van der Waals surface area (Å²) in [4.78, 5) is 0. The molecule has 98 valence electrons. The lowest BCUT2D eigenvalue weighted by atomic mass is 9.96. The lowest BCUT2D eigenvalue weighted by Crippen LogP contribution is -2.30. The van der Waals surface area contributed by atoms with Gasteiger partial charge in [-0.3, -0.25) is 0 Å². The fourth-order valence-corrected chi connectivity index (χ4v) is 3.31. The normalized spacial score (nSPS) is 24.8. The van der Waals surface area contributed by atoms with Gasteiger partial charge in [-0.15, -0.1) is 0 Å². The summed E-state index contributed by atoms with van der Waals surface area (Å²) in [5, 5.41) is 10.3. The molecular formula is C16H22O2. The molecule has 2 nitrogen and oxygen atoms in total. The predicted molar refractivity (Wildman–Crippen MR) is 71.8 cm³/mol. The average molecular weight is 246 g/mol. The first-order chi connectivity index (χ1) is 8.83. The summed E-state index contributed by atoms with van der Waals surface area (Å²) in [6.07, 6.45) is 8.07. The van der Waals surface area contributed by atoms with Crippen molar-refractivity contribution in [2.24, 2.45) is 5.92 Å². The monoisotopic (exact) mass is 246 g/mol. The Labute approximate surface area is 109 Å². The molecule has 1 aromatic rings. The van der Waals surface area contributed by atoms with Gasteiger partial charge in [0.2, 0.25) is 0 Å². The Balaban J connectivity index is 1.50. The van der Waals surface area contributed by atoms with Crippen LogP contribution in [0.4, 0.5) is 0 Å². The Morgan fingerprint density at radius 1 is 1.22 bits per heavy atom. The van der Waals surface area contributed by atoms with E-state index in [4.69, 9.17) is 4.74 Å². The summed E-state index contributed by atoms with van der Waals surface area (Å²) < 4.78 is 5.83. The number of rotatable bonds is 4. The minimum Gasteiger partial charge on any atom is -0.487 e. The second-order valence-corrected chi connectivity index (χ2v) is 5.76. The van der Waals surface area contributed by atoms with E-state index in [1.807, 2.05) is 18.2 Å². The van der Waals surface area contributed by atoms with Gasteiger partial charge in [-0.2, -0.15) is 0 Å². The maximum atomic E-state index is 10.3. The molecule has 0 spiro atoms. The Kier molecular flexibility index (Phi) is 3.55. The zero-order valence-corrected chi connectivity index (χ0v) is 10.8. The zero-order valence-electron chi connectivity index (χ0n) is 10.8. The first-order valence-corrected chi connectivity index (χ1v) is 7.25. The van der Waals surface area contributed by atoms with Crippen LogP contribution >= 0.6 is 0 Å². The van der Waals surface area contributed by atoms with Crippen molar-refractivity contribution in [3.63, 3.8) is 0 Å². The largest absolute Gasteiger partial charge is 0.487 e. The van der Waals surface area contributed by atoms with E-state index < -0.39 is 0 Å². The van der Waals surface area contributed by atoms with Crippen molar-refractivity contribution in [2.75, 3.05) is 0 Å². The van der Waals surface area contributed by atoms with Crippen LogP contribution in [0.25, 0.3) is 0 Å². The fourth-order valence-electron chi connectivity index (χ4n) is 3.31. The number of aliphatic hydroxyl groups is 1. The van der Waals surface area contributed by atoms with Crippen molar-refractivity contribution in [2.45, 2.75) is 57.2 Å². The van der Waals surface area contributed by atoms with Crippen LogP contribution < -0.4 is 4.74 Å². The van der Waals surface area contributed by atoms with Gasteiger partial charge >= 0.3 is 0 Å². The summed E-state index contributed by atoms with van der Waals surface area (Å²) in [5.74, 6) is 1.81. The first-order valence-electron chi connectivity index (χ1n) is 7.25. The highest BCUT2D eigenvalue weighted by molar-refractivity contribution is 5.37. The van der Waals surface area contributed by atoms with Gasteiger partial charge in [0.25, 0.3) is 0 Å².